The summed E-state index contributed by atoms with van der Waals surface area (Å²) in [6.45, 7) is 4.47. The summed E-state index contributed by atoms with van der Waals surface area (Å²) < 4.78 is 0. The summed E-state index contributed by atoms with van der Waals surface area (Å²) in [4.78, 5) is 2.39. The van der Waals surface area contributed by atoms with Gasteiger partial charge in [-0.25, -0.2) is 0 Å². The topological polar surface area (TPSA) is 3.24 Å². The van der Waals surface area contributed by atoms with Gasteiger partial charge in [0.25, 0.3) is 0 Å². The molecule has 0 heterocycles. The first kappa shape index (κ1) is 18.1. The van der Waals surface area contributed by atoms with E-state index in [0.717, 1.165) is 0 Å². The zero-order valence-corrected chi connectivity index (χ0v) is 16.4. The molecule has 0 N–H and O–H groups in total. The van der Waals surface area contributed by atoms with Gasteiger partial charge in [-0.2, -0.15) is 0 Å². The summed E-state index contributed by atoms with van der Waals surface area (Å²) in [5.74, 6) is 0. The lowest BCUT2D eigenvalue weighted by molar-refractivity contribution is 0.789. The van der Waals surface area contributed by atoms with Crippen molar-refractivity contribution in [1.29, 1.82) is 0 Å². The second-order valence-electron chi connectivity index (χ2n) is 7.29. The molecule has 4 rings (SSSR count). The Labute approximate surface area is 167 Å². The molecule has 0 aliphatic carbocycles. The minimum Gasteiger partial charge on any atom is -0.339 e. The fourth-order valence-corrected chi connectivity index (χ4v) is 3.66. The number of benzene rings is 4. The van der Waals surface area contributed by atoms with Crippen LogP contribution >= 0.6 is 0 Å². The number of anilines is 2. The number of nitrogens with zero attached hydrogens (tertiary/aromatic N) is 1. The summed E-state index contributed by atoms with van der Waals surface area (Å²) in [7, 11) is 0. The molecule has 0 radical (unpaired) electrons. The molecule has 0 amide bonds. The molecule has 0 aliphatic heterocycles. The molecule has 0 saturated heterocycles. The Balaban J connectivity index is 1.68. The molecule has 0 bridgehead atoms. The summed E-state index contributed by atoms with van der Waals surface area (Å²) in [6.07, 6.45) is 0. The lowest BCUT2D eigenvalue weighted by atomic mass is 10.0. The van der Waals surface area contributed by atoms with E-state index in [1.54, 1.807) is 0 Å². The third-order valence-electron chi connectivity index (χ3n) is 5.00. The average molecular weight is 364 g/mol. The Morgan fingerprint density at radius 3 is 1.54 bits per heavy atom. The molecule has 1 heteroatoms. The molecule has 0 aromatic heterocycles. The van der Waals surface area contributed by atoms with E-state index in [4.69, 9.17) is 0 Å². The van der Waals surface area contributed by atoms with Crippen LogP contribution < -0.4 is 4.90 Å². The highest BCUT2D eigenvalue weighted by Crippen LogP contribution is 2.32. The van der Waals surface area contributed by atoms with Crippen LogP contribution in [-0.2, 0) is 0 Å². The van der Waals surface area contributed by atoms with Crippen LogP contribution in [0.1, 0.15) is 13.8 Å². The van der Waals surface area contributed by atoms with Gasteiger partial charge in [-0.1, -0.05) is 84.9 Å². The van der Waals surface area contributed by atoms with E-state index in [9.17, 15) is 0 Å². The molecule has 0 fully saturated rings. The summed E-state index contributed by atoms with van der Waals surface area (Å²) in [5, 5.41) is 0. The van der Waals surface area contributed by atoms with Gasteiger partial charge in [-0.15, -0.1) is 0 Å². The fourth-order valence-electron chi connectivity index (χ4n) is 3.66. The van der Waals surface area contributed by atoms with Crippen molar-refractivity contribution in [3.8, 4) is 22.3 Å². The maximum Gasteiger partial charge on any atom is 0.0419 e. The first-order valence-corrected chi connectivity index (χ1v) is 9.82. The Morgan fingerprint density at radius 2 is 0.964 bits per heavy atom. The number of hydrogen-bond donors (Lipinski definition) is 0. The SMILES string of the molecule is CC(C)N(c1ccc(-c2ccccc2)cc1)c1cccc(-c2ccccc2)c1. The maximum atomic E-state index is 2.39. The van der Waals surface area contributed by atoms with Crippen LogP contribution in [0.3, 0.4) is 0 Å². The molecule has 0 atom stereocenters. The Hall–Kier alpha value is -3.32. The van der Waals surface area contributed by atoms with Crippen LogP contribution in [0.2, 0.25) is 0 Å². The zero-order chi connectivity index (χ0) is 19.3. The minimum atomic E-state index is 0.355. The lowest BCUT2D eigenvalue weighted by Gasteiger charge is -2.30. The summed E-state index contributed by atoms with van der Waals surface area (Å²) >= 11 is 0. The van der Waals surface area contributed by atoms with Gasteiger partial charge < -0.3 is 4.90 Å². The van der Waals surface area contributed by atoms with Crippen molar-refractivity contribution in [3.63, 3.8) is 0 Å². The predicted octanol–water partition coefficient (Wildman–Crippen LogP) is 7.57. The molecule has 4 aromatic carbocycles. The average Bonchev–Trinajstić information content (AvgIpc) is 2.76. The van der Waals surface area contributed by atoms with Crippen molar-refractivity contribution >= 4 is 11.4 Å². The Bertz CT molecular complexity index is 1020. The number of rotatable bonds is 5. The van der Waals surface area contributed by atoms with Crippen LogP contribution in [0.5, 0.6) is 0 Å². The van der Waals surface area contributed by atoms with E-state index in [1.807, 2.05) is 0 Å². The van der Waals surface area contributed by atoms with Crippen molar-refractivity contribution in [3.05, 3.63) is 109 Å². The van der Waals surface area contributed by atoms with E-state index in [2.05, 4.69) is 128 Å². The van der Waals surface area contributed by atoms with E-state index >= 15 is 0 Å². The van der Waals surface area contributed by atoms with Crippen LogP contribution in [-0.4, -0.2) is 6.04 Å². The molecule has 0 saturated carbocycles. The third kappa shape index (κ3) is 3.84. The second kappa shape index (κ2) is 8.14. The molecule has 0 aliphatic rings. The van der Waals surface area contributed by atoms with Crippen LogP contribution in [0.15, 0.2) is 109 Å². The van der Waals surface area contributed by atoms with Gasteiger partial charge in [0.15, 0.2) is 0 Å². The monoisotopic (exact) mass is 363 g/mol. The Kier molecular flexibility index (Phi) is 5.25. The van der Waals surface area contributed by atoms with Gasteiger partial charge in [0.1, 0.15) is 0 Å². The van der Waals surface area contributed by atoms with Crippen LogP contribution in [0.25, 0.3) is 22.3 Å². The third-order valence-corrected chi connectivity index (χ3v) is 5.00. The molecular formula is C27H25N. The molecule has 0 unspecified atom stereocenters. The van der Waals surface area contributed by atoms with E-state index in [0.29, 0.717) is 6.04 Å². The van der Waals surface area contributed by atoms with Gasteiger partial charge >= 0.3 is 0 Å². The zero-order valence-electron chi connectivity index (χ0n) is 16.4. The van der Waals surface area contributed by atoms with Gasteiger partial charge in [0.05, 0.1) is 0 Å². The highest BCUT2D eigenvalue weighted by atomic mass is 15.2. The summed E-state index contributed by atoms with van der Waals surface area (Å²) in [6, 6.07) is 39.1. The lowest BCUT2D eigenvalue weighted by Crippen LogP contribution is -2.25. The van der Waals surface area contributed by atoms with Crippen LogP contribution in [0.4, 0.5) is 11.4 Å². The standard InChI is InChI=1S/C27H25N/c1-21(2)28(26-18-16-24(17-19-26)22-10-5-3-6-11-22)27-15-9-14-25(20-27)23-12-7-4-8-13-23/h3-21H,1-2H3. The van der Waals surface area contributed by atoms with E-state index in [-0.39, 0.29) is 0 Å². The molecular weight excluding hydrogens is 338 g/mol. The van der Waals surface area contributed by atoms with Crippen LogP contribution in [0, 0.1) is 0 Å². The second-order valence-corrected chi connectivity index (χ2v) is 7.29. The molecule has 28 heavy (non-hydrogen) atoms. The molecule has 4 aromatic rings. The van der Waals surface area contributed by atoms with Crippen molar-refractivity contribution in [2.75, 3.05) is 4.90 Å². The molecule has 1 nitrogen and oxygen atoms in total. The normalized spacial score (nSPS) is 10.8. The highest BCUT2D eigenvalue weighted by Gasteiger charge is 2.14. The maximum absolute atomic E-state index is 2.39. The van der Waals surface area contributed by atoms with E-state index < -0.39 is 0 Å². The highest BCUT2D eigenvalue weighted by molar-refractivity contribution is 5.74. The van der Waals surface area contributed by atoms with E-state index in [1.165, 1.54) is 33.6 Å². The number of hydrogen-bond acceptors (Lipinski definition) is 1. The van der Waals surface area contributed by atoms with Gasteiger partial charge in [-0.05, 0) is 60.4 Å². The minimum absolute atomic E-state index is 0.355. The van der Waals surface area contributed by atoms with Crippen molar-refractivity contribution in [1.82, 2.24) is 0 Å². The predicted molar refractivity (Wildman–Crippen MR) is 121 cm³/mol. The smallest absolute Gasteiger partial charge is 0.0419 e. The Morgan fingerprint density at radius 1 is 0.464 bits per heavy atom. The van der Waals surface area contributed by atoms with Gasteiger partial charge in [0.2, 0.25) is 0 Å². The largest absolute Gasteiger partial charge is 0.339 e. The molecule has 0 spiro atoms. The van der Waals surface area contributed by atoms with Crippen molar-refractivity contribution in [2.45, 2.75) is 19.9 Å². The first-order valence-electron chi connectivity index (χ1n) is 9.82. The first-order chi connectivity index (χ1) is 13.7. The summed E-state index contributed by atoms with van der Waals surface area (Å²) in [5.41, 5.74) is 7.39. The van der Waals surface area contributed by atoms with Gasteiger partial charge in [-0.3, -0.25) is 0 Å². The van der Waals surface area contributed by atoms with Gasteiger partial charge in [0, 0.05) is 17.4 Å². The molecule has 138 valence electrons. The van der Waals surface area contributed by atoms with Crippen molar-refractivity contribution < 1.29 is 0 Å². The quantitative estimate of drug-likeness (QED) is 0.353. The fraction of sp³-hybridized carbons (Fsp3) is 0.111. The van der Waals surface area contributed by atoms with Crippen molar-refractivity contribution in [2.24, 2.45) is 0 Å².